The normalized spacial score (nSPS) is 18.1. The van der Waals surface area contributed by atoms with Crippen LogP contribution in [0, 0.1) is 6.92 Å². The number of benzene rings is 2. The number of carbonyl (C=O) groups is 1. The van der Waals surface area contributed by atoms with E-state index in [1.54, 1.807) is 0 Å². The highest BCUT2D eigenvalue weighted by Gasteiger charge is 2.20. The Kier molecular flexibility index (Phi) is 3.98. The molecule has 1 heterocycles. The lowest BCUT2D eigenvalue weighted by atomic mass is 9.92. The molecule has 2 aromatic rings. The molecule has 0 bridgehead atoms. The maximum absolute atomic E-state index is 12.5. The van der Waals surface area contributed by atoms with E-state index in [2.05, 4.69) is 18.2 Å². The fourth-order valence-electron chi connectivity index (χ4n) is 2.56. The predicted octanol–water partition coefficient (Wildman–Crippen LogP) is 3.92. The largest absolute Gasteiger partial charge is 0.376 e. The van der Waals surface area contributed by atoms with Crippen LogP contribution in [0.4, 0.5) is 0 Å². The number of hydrogen-bond acceptors (Lipinski definition) is 2. The maximum atomic E-state index is 12.5. The van der Waals surface area contributed by atoms with Crippen molar-refractivity contribution < 1.29 is 9.53 Å². The van der Waals surface area contributed by atoms with Gasteiger partial charge in [0.1, 0.15) is 0 Å². The van der Waals surface area contributed by atoms with Gasteiger partial charge in [-0.05, 0) is 12.5 Å². The van der Waals surface area contributed by atoms with Crippen LogP contribution in [0.1, 0.15) is 27.4 Å². The van der Waals surface area contributed by atoms with E-state index in [4.69, 9.17) is 4.74 Å². The molecule has 0 saturated carbocycles. The Morgan fingerprint density at radius 2 is 1.76 bits per heavy atom. The number of aryl methyl sites for hydroxylation is 1. The third kappa shape index (κ3) is 3.11. The first kappa shape index (κ1) is 13.8. The summed E-state index contributed by atoms with van der Waals surface area (Å²) in [6, 6.07) is 17.9. The van der Waals surface area contributed by atoms with Crippen molar-refractivity contribution in [2.75, 3.05) is 13.2 Å². The monoisotopic (exact) mass is 278 g/mol. The van der Waals surface area contributed by atoms with Crippen LogP contribution in [0.2, 0.25) is 0 Å². The van der Waals surface area contributed by atoms with Gasteiger partial charge in [0.05, 0.1) is 13.2 Å². The first-order valence-corrected chi connectivity index (χ1v) is 7.19. The van der Waals surface area contributed by atoms with Crippen LogP contribution < -0.4 is 0 Å². The lowest BCUT2D eigenvalue weighted by molar-refractivity contribution is 0.0951. The molecule has 1 unspecified atom stereocenters. The first-order valence-electron chi connectivity index (χ1n) is 7.19. The van der Waals surface area contributed by atoms with Gasteiger partial charge in [0.2, 0.25) is 0 Å². The van der Waals surface area contributed by atoms with Crippen LogP contribution in [0.25, 0.3) is 0 Å². The van der Waals surface area contributed by atoms with E-state index in [1.807, 2.05) is 49.4 Å². The van der Waals surface area contributed by atoms with E-state index in [-0.39, 0.29) is 11.7 Å². The second-order valence-electron chi connectivity index (χ2n) is 5.42. The van der Waals surface area contributed by atoms with Gasteiger partial charge in [0.25, 0.3) is 0 Å². The van der Waals surface area contributed by atoms with Crippen molar-refractivity contribution in [2.45, 2.75) is 12.8 Å². The minimum absolute atomic E-state index is 0.0654. The van der Waals surface area contributed by atoms with Crippen LogP contribution in [-0.2, 0) is 4.74 Å². The standard InChI is InChI=1S/C19H18O2/c1-14-7-9-16(10-8-14)19(20)18-11-17(12-21-13-18)15-5-3-2-4-6-15/h2-11,17H,12-13H2,1H3. The lowest BCUT2D eigenvalue weighted by Gasteiger charge is -2.21. The second-order valence-corrected chi connectivity index (χ2v) is 5.42. The van der Waals surface area contributed by atoms with E-state index < -0.39 is 0 Å². The highest BCUT2D eigenvalue weighted by atomic mass is 16.5. The Morgan fingerprint density at radius 3 is 2.48 bits per heavy atom. The van der Waals surface area contributed by atoms with Crippen molar-refractivity contribution in [3.63, 3.8) is 0 Å². The molecule has 0 amide bonds. The van der Waals surface area contributed by atoms with Crippen molar-refractivity contribution in [3.8, 4) is 0 Å². The molecule has 21 heavy (non-hydrogen) atoms. The van der Waals surface area contributed by atoms with Crippen molar-refractivity contribution >= 4 is 5.78 Å². The summed E-state index contributed by atoms with van der Waals surface area (Å²) in [6.45, 7) is 3.05. The van der Waals surface area contributed by atoms with E-state index in [9.17, 15) is 4.79 Å². The van der Waals surface area contributed by atoms with E-state index in [1.165, 1.54) is 5.56 Å². The zero-order valence-corrected chi connectivity index (χ0v) is 12.1. The summed E-state index contributed by atoms with van der Waals surface area (Å²) < 4.78 is 5.63. The Balaban J connectivity index is 1.86. The smallest absolute Gasteiger partial charge is 0.191 e. The Hall–Kier alpha value is -2.19. The number of hydrogen-bond donors (Lipinski definition) is 0. The third-order valence-electron chi connectivity index (χ3n) is 3.79. The van der Waals surface area contributed by atoms with Gasteiger partial charge in [-0.25, -0.2) is 0 Å². The molecule has 2 aromatic carbocycles. The van der Waals surface area contributed by atoms with Gasteiger partial charge in [-0.3, -0.25) is 4.79 Å². The summed E-state index contributed by atoms with van der Waals surface area (Å²) >= 11 is 0. The Morgan fingerprint density at radius 1 is 1.05 bits per heavy atom. The number of ether oxygens (including phenoxy) is 1. The first-order chi connectivity index (χ1) is 10.2. The Labute approximate surface area is 125 Å². The number of carbonyl (C=O) groups excluding carboxylic acids is 1. The predicted molar refractivity (Wildman–Crippen MR) is 83.6 cm³/mol. The van der Waals surface area contributed by atoms with Gasteiger partial charge in [-0.2, -0.15) is 0 Å². The summed E-state index contributed by atoms with van der Waals surface area (Å²) in [7, 11) is 0. The fraction of sp³-hybridized carbons (Fsp3) is 0.211. The molecule has 0 N–H and O–H groups in total. The van der Waals surface area contributed by atoms with Gasteiger partial charge < -0.3 is 4.74 Å². The highest BCUT2D eigenvalue weighted by molar-refractivity contribution is 6.09. The van der Waals surface area contributed by atoms with Crippen LogP contribution in [0.15, 0.2) is 66.2 Å². The average molecular weight is 278 g/mol. The molecule has 106 valence electrons. The SMILES string of the molecule is Cc1ccc(C(=O)C2=CC(c3ccccc3)COC2)cc1. The molecule has 0 aliphatic carbocycles. The molecular weight excluding hydrogens is 260 g/mol. The van der Waals surface area contributed by atoms with E-state index in [0.717, 1.165) is 16.7 Å². The van der Waals surface area contributed by atoms with E-state index in [0.29, 0.717) is 13.2 Å². The average Bonchev–Trinajstić information content (AvgIpc) is 2.56. The molecule has 2 nitrogen and oxygen atoms in total. The van der Waals surface area contributed by atoms with Crippen LogP contribution in [0.3, 0.4) is 0 Å². The molecule has 2 heteroatoms. The van der Waals surface area contributed by atoms with Gasteiger partial charge in [-0.15, -0.1) is 0 Å². The summed E-state index contributed by atoms with van der Waals surface area (Å²) in [5.41, 5.74) is 3.82. The molecule has 0 aromatic heterocycles. The number of Topliss-reactive ketones (excluding diaryl/α,β-unsaturated/α-hetero) is 1. The molecule has 1 aliphatic rings. The molecule has 1 aliphatic heterocycles. The van der Waals surface area contributed by atoms with Crippen LogP contribution in [0.5, 0.6) is 0 Å². The second kappa shape index (κ2) is 6.06. The van der Waals surface area contributed by atoms with Crippen molar-refractivity contribution in [3.05, 3.63) is 82.9 Å². The van der Waals surface area contributed by atoms with Crippen LogP contribution >= 0.6 is 0 Å². The third-order valence-corrected chi connectivity index (χ3v) is 3.79. The minimum atomic E-state index is 0.0654. The topological polar surface area (TPSA) is 26.3 Å². The zero-order chi connectivity index (χ0) is 14.7. The summed E-state index contributed by atoms with van der Waals surface area (Å²) in [6.07, 6.45) is 2.06. The highest BCUT2D eigenvalue weighted by Crippen LogP contribution is 2.25. The lowest BCUT2D eigenvalue weighted by Crippen LogP contribution is -2.19. The molecule has 3 rings (SSSR count). The summed E-state index contributed by atoms with van der Waals surface area (Å²) in [5.74, 6) is 0.222. The fourth-order valence-corrected chi connectivity index (χ4v) is 2.56. The summed E-state index contributed by atoms with van der Waals surface area (Å²) in [5, 5.41) is 0. The van der Waals surface area contributed by atoms with E-state index >= 15 is 0 Å². The molecule has 0 saturated heterocycles. The van der Waals surface area contributed by atoms with Gasteiger partial charge >= 0.3 is 0 Å². The number of rotatable bonds is 3. The summed E-state index contributed by atoms with van der Waals surface area (Å²) in [4.78, 5) is 12.5. The van der Waals surface area contributed by atoms with Crippen molar-refractivity contribution in [1.82, 2.24) is 0 Å². The van der Waals surface area contributed by atoms with Gasteiger partial charge in [-0.1, -0.05) is 66.2 Å². The molecular formula is C19H18O2. The Bertz CT molecular complexity index is 654. The van der Waals surface area contributed by atoms with Crippen molar-refractivity contribution in [1.29, 1.82) is 0 Å². The molecule has 0 fully saturated rings. The van der Waals surface area contributed by atoms with Crippen LogP contribution in [-0.4, -0.2) is 19.0 Å². The number of ketones is 1. The zero-order valence-electron chi connectivity index (χ0n) is 12.1. The van der Waals surface area contributed by atoms with Gasteiger partial charge in [0.15, 0.2) is 5.78 Å². The molecule has 0 radical (unpaired) electrons. The maximum Gasteiger partial charge on any atom is 0.191 e. The quantitative estimate of drug-likeness (QED) is 0.795. The molecule has 0 spiro atoms. The van der Waals surface area contributed by atoms with Crippen molar-refractivity contribution in [2.24, 2.45) is 0 Å². The minimum Gasteiger partial charge on any atom is -0.376 e. The van der Waals surface area contributed by atoms with Gasteiger partial charge in [0, 0.05) is 17.1 Å². The molecule has 1 atom stereocenters.